The molecule has 2 aliphatic rings. The van der Waals surface area contributed by atoms with Crippen molar-refractivity contribution in [3.8, 4) is 22.6 Å². The lowest BCUT2D eigenvalue weighted by molar-refractivity contribution is -0.145. The van der Waals surface area contributed by atoms with E-state index < -0.39 is 24.2 Å². The van der Waals surface area contributed by atoms with E-state index in [2.05, 4.69) is 40.2 Å². The number of ether oxygens (including phenoxy) is 3. The molecule has 54 heavy (non-hydrogen) atoms. The van der Waals surface area contributed by atoms with Gasteiger partial charge in [-0.15, -0.1) is 12.4 Å². The maximum Gasteiger partial charge on any atom is 0.328 e. The topological polar surface area (TPSA) is 115 Å². The molecular weight excluding hydrogens is 749 g/mol. The summed E-state index contributed by atoms with van der Waals surface area (Å²) in [4.78, 5) is 39.5. The fraction of sp³-hybridized carbons (Fsp3) is 0.214. The smallest absolute Gasteiger partial charge is 0.328 e. The van der Waals surface area contributed by atoms with Crippen LogP contribution in [0.4, 0.5) is 5.69 Å². The van der Waals surface area contributed by atoms with Crippen LogP contribution in [0, 0.1) is 6.92 Å². The molecule has 3 unspecified atom stereocenters. The molecule has 0 radical (unpaired) electrons. The Morgan fingerprint density at radius 3 is 2.24 bits per heavy atom. The van der Waals surface area contributed by atoms with Gasteiger partial charge in [0.05, 0.1) is 28.9 Å². The Kier molecular flexibility index (Phi) is 12.1. The largest absolute Gasteiger partial charge is 0.489 e. The molecule has 3 atom stereocenters. The first-order valence-corrected chi connectivity index (χ1v) is 18.0. The molecule has 7 rings (SSSR count). The van der Waals surface area contributed by atoms with Crippen LogP contribution in [-0.4, -0.2) is 37.0 Å². The number of hydrogen-bond acceptors (Lipinski definition) is 7. The van der Waals surface area contributed by atoms with E-state index in [4.69, 9.17) is 37.4 Å². The zero-order valence-electron chi connectivity index (χ0n) is 29.5. The number of hydrogen-bond donors (Lipinski definition) is 3. The molecule has 0 saturated heterocycles. The van der Waals surface area contributed by atoms with Crippen molar-refractivity contribution in [1.29, 1.82) is 0 Å². The Hall–Kier alpha value is -5.06. The lowest BCUT2D eigenvalue weighted by atomic mass is 9.93. The van der Waals surface area contributed by atoms with Crippen LogP contribution in [-0.2, 0) is 45.1 Å². The van der Waals surface area contributed by atoms with Gasteiger partial charge in [-0.1, -0.05) is 95.5 Å². The molecular formula is C42H38Cl3N3O6. The third kappa shape index (κ3) is 8.83. The molecule has 12 heteroatoms. The van der Waals surface area contributed by atoms with Crippen molar-refractivity contribution in [3.63, 3.8) is 0 Å². The number of rotatable bonds is 10. The van der Waals surface area contributed by atoms with Gasteiger partial charge in [-0.2, -0.15) is 0 Å². The molecule has 5 aromatic rings. The molecule has 0 bridgehead atoms. The van der Waals surface area contributed by atoms with E-state index in [9.17, 15) is 14.4 Å². The summed E-state index contributed by atoms with van der Waals surface area (Å²) in [5.74, 6) is 0.0200. The van der Waals surface area contributed by atoms with Crippen LogP contribution in [0.25, 0.3) is 11.1 Å². The van der Waals surface area contributed by atoms with Crippen molar-refractivity contribution in [3.05, 3.63) is 147 Å². The van der Waals surface area contributed by atoms with E-state index >= 15 is 0 Å². The molecule has 9 nitrogen and oxygen atoms in total. The van der Waals surface area contributed by atoms with Gasteiger partial charge in [0.25, 0.3) is 5.91 Å². The van der Waals surface area contributed by atoms with Gasteiger partial charge in [-0.3, -0.25) is 9.59 Å². The molecule has 0 fully saturated rings. The standard InChI is InChI=1S/C42H37Cl2N3O6.ClH/c1-24-3-8-27(9-4-24)28-10-5-25(6-11-28)18-37(42(50)51-2)47-40(48)36-20-30-19-35-38(21-31(30)22-45-36)53-39(41(49)46-35)29-12-14-32(15-13-29)52-23-26-7-16-33(43)34(44)17-26;/h3-17,19,21,36-37,39,45H,18,20,22-23H2,1-2H3,(H,46,49)(H,47,48);1H. The molecule has 0 saturated carbocycles. The van der Waals surface area contributed by atoms with Crippen molar-refractivity contribution >= 4 is 59.1 Å². The summed E-state index contributed by atoms with van der Waals surface area (Å²) in [6.07, 6.45) is -0.215. The van der Waals surface area contributed by atoms with Gasteiger partial charge in [-0.05, 0) is 83.1 Å². The van der Waals surface area contributed by atoms with Crippen LogP contribution in [0.15, 0.2) is 103 Å². The Morgan fingerprint density at radius 1 is 0.870 bits per heavy atom. The molecule has 0 aliphatic carbocycles. The van der Waals surface area contributed by atoms with Crippen molar-refractivity contribution < 1.29 is 28.6 Å². The van der Waals surface area contributed by atoms with Gasteiger partial charge in [0.2, 0.25) is 12.0 Å². The molecule has 278 valence electrons. The first-order chi connectivity index (χ1) is 25.6. The van der Waals surface area contributed by atoms with Crippen LogP contribution in [0.2, 0.25) is 10.0 Å². The van der Waals surface area contributed by atoms with E-state index in [1.165, 1.54) is 12.7 Å². The van der Waals surface area contributed by atoms with E-state index in [1.54, 1.807) is 36.4 Å². The second-order valence-electron chi connectivity index (χ2n) is 13.2. The maximum absolute atomic E-state index is 13.5. The highest BCUT2D eigenvalue weighted by molar-refractivity contribution is 6.42. The summed E-state index contributed by atoms with van der Waals surface area (Å²) in [5, 5.41) is 10.1. The summed E-state index contributed by atoms with van der Waals surface area (Å²) in [5.41, 5.74) is 8.18. The number of amides is 2. The van der Waals surface area contributed by atoms with Gasteiger partial charge in [-0.25, -0.2) is 4.79 Å². The maximum atomic E-state index is 13.5. The zero-order valence-corrected chi connectivity index (χ0v) is 31.8. The first kappa shape index (κ1) is 38.7. The lowest BCUT2D eigenvalue weighted by Crippen LogP contribution is -2.53. The summed E-state index contributed by atoms with van der Waals surface area (Å²) in [6.45, 7) is 2.76. The quantitative estimate of drug-likeness (QED) is 0.123. The molecule has 2 aliphatic heterocycles. The average Bonchev–Trinajstić information content (AvgIpc) is 3.17. The Labute approximate surface area is 329 Å². The highest BCUT2D eigenvalue weighted by atomic mass is 35.5. The minimum Gasteiger partial charge on any atom is -0.489 e. The van der Waals surface area contributed by atoms with Gasteiger partial charge < -0.3 is 30.2 Å². The summed E-state index contributed by atoms with van der Waals surface area (Å²) < 4.78 is 17.1. The predicted molar refractivity (Wildman–Crippen MR) is 212 cm³/mol. The van der Waals surface area contributed by atoms with Crippen molar-refractivity contribution in [2.75, 3.05) is 12.4 Å². The zero-order chi connectivity index (χ0) is 37.1. The van der Waals surface area contributed by atoms with Gasteiger partial charge in [0.15, 0.2) is 0 Å². The highest BCUT2D eigenvalue weighted by Gasteiger charge is 2.33. The Bertz CT molecular complexity index is 2160. The first-order valence-electron chi connectivity index (χ1n) is 17.2. The number of methoxy groups -OCH3 is 1. The number of anilines is 1. The van der Waals surface area contributed by atoms with Crippen molar-refractivity contribution in [2.24, 2.45) is 0 Å². The van der Waals surface area contributed by atoms with Gasteiger partial charge in [0.1, 0.15) is 24.1 Å². The number of esters is 1. The second kappa shape index (κ2) is 17.0. The molecule has 0 aromatic heterocycles. The van der Waals surface area contributed by atoms with E-state index in [-0.39, 0.29) is 30.6 Å². The van der Waals surface area contributed by atoms with Crippen LogP contribution < -0.4 is 25.4 Å². The van der Waals surface area contributed by atoms with Crippen LogP contribution >= 0.6 is 35.6 Å². The number of fused-ring (bicyclic) bond motifs is 2. The normalized spacial score (nSPS) is 16.3. The molecule has 0 spiro atoms. The van der Waals surface area contributed by atoms with Crippen LogP contribution in [0.1, 0.15) is 39.5 Å². The summed E-state index contributed by atoms with van der Waals surface area (Å²) >= 11 is 12.1. The van der Waals surface area contributed by atoms with Crippen molar-refractivity contribution in [1.82, 2.24) is 10.6 Å². The third-order valence-corrected chi connectivity index (χ3v) is 10.2. The number of carbonyl (C=O) groups is 3. The molecule has 2 heterocycles. The van der Waals surface area contributed by atoms with Crippen molar-refractivity contribution in [2.45, 2.75) is 51.1 Å². The Balaban J connectivity index is 0.00000497. The number of nitrogens with one attached hydrogen (secondary N) is 3. The van der Waals surface area contributed by atoms with Gasteiger partial charge in [0, 0.05) is 18.5 Å². The second-order valence-corrected chi connectivity index (χ2v) is 14.0. The molecule has 2 amide bonds. The number of carbonyl (C=O) groups excluding carboxylic acids is 3. The Morgan fingerprint density at radius 2 is 1.56 bits per heavy atom. The monoisotopic (exact) mass is 785 g/mol. The fourth-order valence-electron chi connectivity index (χ4n) is 6.48. The van der Waals surface area contributed by atoms with Crippen LogP contribution in [0.3, 0.4) is 0 Å². The van der Waals surface area contributed by atoms with Gasteiger partial charge >= 0.3 is 5.97 Å². The third-order valence-electron chi connectivity index (χ3n) is 9.48. The van der Waals surface area contributed by atoms with Crippen LogP contribution in [0.5, 0.6) is 11.5 Å². The van der Waals surface area contributed by atoms with E-state index in [0.29, 0.717) is 52.4 Å². The lowest BCUT2D eigenvalue weighted by Gasteiger charge is -2.31. The fourth-order valence-corrected chi connectivity index (χ4v) is 6.80. The minimum atomic E-state index is -0.864. The SMILES string of the molecule is COC(=O)C(Cc1ccc(-c2ccc(C)cc2)cc1)NC(=O)C1Cc2cc3c(cc2CN1)OC(c1ccc(OCc2ccc(Cl)c(Cl)c2)cc1)C(=O)N3.Cl. The van der Waals surface area contributed by atoms with E-state index in [1.807, 2.05) is 49.4 Å². The van der Waals surface area contributed by atoms with E-state index in [0.717, 1.165) is 33.4 Å². The number of aryl methyl sites for hydroxylation is 1. The minimum absolute atomic E-state index is 0. The number of halogens is 3. The predicted octanol–water partition coefficient (Wildman–Crippen LogP) is 7.96. The molecule has 3 N–H and O–H groups in total. The average molecular weight is 787 g/mol. The summed E-state index contributed by atoms with van der Waals surface area (Å²) in [6, 6.07) is 31.0. The highest BCUT2D eigenvalue weighted by Crippen LogP contribution is 2.38. The number of benzene rings is 5. The molecule has 5 aromatic carbocycles. The summed E-state index contributed by atoms with van der Waals surface area (Å²) in [7, 11) is 1.31.